The Hall–Kier alpha value is -2.37. The van der Waals surface area contributed by atoms with Gasteiger partial charge >= 0.3 is 0 Å². The van der Waals surface area contributed by atoms with Crippen LogP contribution in [0.1, 0.15) is 10.4 Å². The number of ether oxygens (including phenoxy) is 2. The van der Waals surface area contributed by atoms with Gasteiger partial charge in [-0.3, -0.25) is 14.9 Å². The Morgan fingerprint density at radius 2 is 1.73 bits per heavy atom. The number of hydrogen-bond donors (Lipinski definition) is 0. The summed E-state index contributed by atoms with van der Waals surface area (Å²) in [5.41, 5.74) is 2.12. The van der Waals surface area contributed by atoms with Crippen LogP contribution < -0.4 is 14.5 Å². The van der Waals surface area contributed by atoms with Gasteiger partial charge in [-0.05, 0) is 40.2 Å². The van der Waals surface area contributed by atoms with Crippen LogP contribution in [0.5, 0.6) is 5.75 Å². The van der Waals surface area contributed by atoms with Gasteiger partial charge in [-0.2, -0.15) is 0 Å². The summed E-state index contributed by atoms with van der Waals surface area (Å²) < 4.78 is 12.3. The number of morpholine rings is 1. The first-order valence-corrected chi connectivity index (χ1v) is 12.2. The van der Waals surface area contributed by atoms with E-state index in [1.165, 1.54) is 0 Å². The fraction of sp³-hybridized carbons (Fsp3) is 0.409. The lowest BCUT2D eigenvalue weighted by Crippen LogP contribution is -2.49. The fourth-order valence-corrected chi connectivity index (χ4v) is 5.57. The van der Waals surface area contributed by atoms with Crippen molar-refractivity contribution in [2.24, 2.45) is 0 Å². The van der Waals surface area contributed by atoms with Crippen LogP contribution in [0, 0.1) is 10.1 Å². The van der Waals surface area contributed by atoms with Crippen molar-refractivity contribution in [3.63, 3.8) is 0 Å². The molecule has 0 saturated carbocycles. The van der Waals surface area contributed by atoms with Gasteiger partial charge in [-0.25, -0.2) is 0 Å². The third kappa shape index (κ3) is 5.10. The molecule has 0 unspecified atom stereocenters. The number of anilines is 2. The molecule has 2 aromatic carbocycles. The highest BCUT2D eigenvalue weighted by Crippen LogP contribution is 2.35. The molecule has 0 spiro atoms. The second-order valence-corrected chi connectivity index (χ2v) is 9.55. The Morgan fingerprint density at radius 3 is 2.36 bits per heavy atom. The number of piperazine rings is 1. The topological polar surface area (TPSA) is 88.4 Å². The minimum Gasteiger partial charge on any atom is -0.495 e. The fourth-order valence-electron chi connectivity index (χ4n) is 4.19. The zero-order valence-corrected chi connectivity index (χ0v) is 21.3. The molecule has 1 amide bonds. The SMILES string of the molecule is COc1c(Br)cc(Br)cc1C(=O)N1CCN(c2ccc([N+](=O)[O-])c(N3CCOCC3)c2)CC1. The van der Waals surface area contributed by atoms with E-state index in [4.69, 9.17) is 9.47 Å². The minimum absolute atomic E-state index is 0.0915. The average molecular weight is 584 g/mol. The van der Waals surface area contributed by atoms with Gasteiger partial charge in [0.05, 0.1) is 35.3 Å². The Morgan fingerprint density at radius 1 is 1.03 bits per heavy atom. The average Bonchev–Trinajstić information content (AvgIpc) is 2.83. The monoisotopic (exact) mass is 582 g/mol. The standard InChI is InChI=1S/C22H24Br2N4O5/c1-32-21-17(12-15(23)13-18(21)24)22(29)27-6-4-25(5-7-27)16-2-3-19(28(30)31)20(14-16)26-8-10-33-11-9-26/h2-3,12-14H,4-11H2,1H3. The van der Waals surface area contributed by atoms with Crippen molar-refractivity contribution in [3.8, 4) is 5.75 Å². The lowest BCUT2D eigenvalue weighted by atomic mass is 10.1. The normalized spacial score (nSPS) is 16.6. The second kappa shape index (κ2) is 10.3. The van der Waals surface area contributed by atoms with Crippen LogP contribution >= 0.6 is 31.9 Å². The van der Waals surface area contributed by atoms with Crippen molar-refractivity contribution in [1.82, 2.24) is 4.90 Å². The zero-order valence-electron chi connectivity index (χ0n) is 18.1. The van der Waals surface area contributed by atoms with Crippen LogP contribution in [0.2, 0.25) is 0 Å². The Kier molecular flexibility index (Phi) is 7.40. The summed E-state index contributed by atoms with van der Waals surface area (Å²) in [5, 5.41) is 11.6. The molecule has 0 N–H and O–H groups in total. The van der Waals surface area contributed by atoms with Crippen molar-refractivity contribution in [3.05, 3.63) is 55.0 Å². The molecule has 0 radical (unpaired) electrons. The third-order valence-corrected chi connectivity index (χ3v) is 6.93. The highest BCUT2D eigenvalue weighted by molar-refractivity contribution is 9.11. The number of hydrogen-bond acceptors (Lipinski definition) is 7. The van der Waals surface area contributed by atoms with Gasteiger partial charge in [0.15, 0.2) is 0 Å². The first kappa shape index (κ1) is 23.8. The molecule has 4 rings (SSSR count). The number of halogens is 2. The molecule has 0 aromatic heterocycles. The van der Waals surface area contributed by atoms with Crippen molar-refractivity contribution in [2.45, 2.75) is 0 Å². The van der Waals surface area contributed by atoms with E-state index >= 15 is 0 Å². The maximum absolute atomic E-state index is 13.2. The van der Waals surface area contributed by atoms with E-state index in [2.05, 4.69) is 36.8 Å². The summed E-state index contributed by atoms with van der Waals surface area (Å²) in [6.45, 7) is 4.68. The number of nitrogens with zero attached hydrogens (tertiary/aromatic N) is 4. The van der Waals surface area contributed by atoms with E-state index in [0.717, 1.165) is 10.2 Å². The quantitative estimate of drug-likeness (QED) is 0.389. The summed E-state index contributed by atoms with van der Waals surface area (Å²) in [7, 11) is 1.54. The van der Waals surface area contributed by atoms with Crippen LogP contribution in [0.25, 0.3) is 0 Å². The third-order valence-electron chi connectivity index (χ3n) is 5.88. The van der Waals surface area contributed by atoms with Gasteiger partial charge in [0.25, 0.3) is 11.6 Å². The van der Waals surface area contributed by atoms with Crippen molar-refractivity contribution >= 4 is 54.8 Å². The van der Waals surface area contributed by atoms with Crippen LogP contribution in [0.4, 0.5) is 17.1 Å². The van der Waals surface area contributed by atoms with Crippen molar-refractivity contribution < 1.29 is 19.2 Å². The summed E-state index contributed by atoms with van der Waals surface area (Å²) in [4.78, 5) is 30.4. The molecule has 2 aliphatic rings. The van der Waals surface area contributed by atoms with Gasteiger partial charge in [0, 0.05) is 55.5 Å². The molecule has 0 aliphatic carbocycles. The van der Waals surface area contributed by atoms with Gasteiger partial charge in [0.2, 0.25) is 0 Å². The second-order valence-electron chi connectivity index (χ2n) is 7.78. The van der Waals surface area contributed by atoms with Crippen LogP contribution in [-0.4, -0.2) is 75.3 Å². The molecule has 176 valence electrons. The number of rotatable bonds is 5. The van der Waals surface area contributed by atoms with E-state index in [0.29, 0.717) is 74.0 Å². The van der Waals surface area contributed by atoms with Crippen LogP contribution in [-0.2, 0) is 4.74 Å². The number of carbonyl (C=O) groups excluding carboxylic acids is 1. The molecule has 2 fully saturated rings. The molecule has 9 nitrogen and oxygen atoms in total. The first-order chi connectivity index (χ1) is 15.9. The zero-order chi connectivity index (χ0) is 23.5. The summed E-state index contributed by atoms with van der Waals surface area (Å²) in [6, 6.07) is 8.85. The summed E-state index contributed by atoms with van der Waals surface area (Å²) in [6.07, 6.45) is 0. The van der Waals surface area contributed by atoms with E-state index in [9.17, 15) is 14.9 Å². The van der Waals surface area contributed by atoms with E-state index in [1.807, 2.05) is 21.9 Å². The van der Waals surface area contributed by atoms with Gasteiger partial charge < -0.3 is 24.2 Å². The molecule has 11 heteroatoms. The molecule has 2 aliphatic heterocycles. The predicted molar refractivity (Wildman–Crippen MR) is 133 cm³/mol. The van der Waals surface area contributed by atoms with Gasteiger partial charge in [-0.15, -0.1) is 0 Å². The highest BCUT2D eigenvalue weighted by Gasteiger charge is 2.28. The smallest absolute Gasteiger partial charge is 0.292 e. The molecule has 2 saturated heterocycles. The summed E-state index contributed by atoms with van der Waals surface area (Å²) >= 11 is 6.89. The highest BCUT2D eigenvalue weighted by atomic mass is 79.9. The Labute approximate surface area is 208 Å². The van der Waals surface area contributed by atoms with E-state index in [1.54, 1.807) is 25.3 Å². The molecular formula is C22H24Br2N4O5. The molecular weight excluding hydrogens is 560 g/mol. The maximum Gasteiger partial charge on any atom is 0.292 e. The van der Waals surface area contributed by atoms with Crippen molar-refractivity contribution in [2.75, 3.05) is 69.4 Å². The molecule has 33 heavy (non-hydrogen) atoms. The molecule has 0 bridgehead atoms. The number of methoxy groups -OCH3 is 1. The number of carbonyl (C=O) groups is 1. The molecule has 2 heterocycles. The lowest BCUT2D eigenvalue weighted by molar-refractivity contribution is -0.384. The number of benzene rings is 2. The van der Waals surface area contributed by atoms with Gasteiger partial charge in [-0.1, -0.05) is 15.9 Å². The molecule has 0 atom stereocenters. The van der Waals surface area contributed by atoms with Crippen LogP contribution in [0.3, 0.4) is 0 Å². The first-order valence-electron chi connectivity index (χ1n) is 10.6. The van der Waals surface area contributed by atoms with E-state index < -0.39 is 0 Å². The number of nitro benzene ring substituents is 1. The Bertz CT molecular complexity index is 1050. The van der Waals surface area contributed by atoms with Gasteiger partial charge in [0.1, 0.15) is 11.4 Å². The predicted octanol–water partition coefficient (Wildman–Crippen LogP) is 3.93. The van der Waals surface area contributed by atoms with Crippen molar-refractivity contribution in [1.29, 1.82) is 0 Å². The summed E-state index contributed by atoms with van der Waals surface area (Å²) in [5.74, 6) is 0.419. The minimum atomic E-state index is -0.339. The molecule has 2 aromatic rings. The number of amides is 1. The lowest BCUT2D eigenvalue weighted by Gasteiger charge is -2.37. The maximum atomic E-state index is 13.2. The Balaban J connectivity index is 1.50. The largest absolute Gasteiger partial charge is 0.495 e. The number of nitro groups is 1. The van der Waals surface area contributed by atoms with E-state index in [-0.39, 0.29) is 16.5 Å². The van der Waals surface area contributed by atoms with Crippen LogP contribution in [0.15, 0.2) is 39.3 Å².